The van der Waals surface area contributed by atoms with Gasteiger partial charge in [-0.2, -0.15) is 4.98 Å². The van der Waals surface area contributed by atoms with Crippen LogP contribution < -0.4 is 0 Å². The average molecular weight is 331 g/mol. The average Bonchev–Trinajstić information content (AvgIpc) is 2.60. The SMILES string of the molecule is CSc1nc(O)c2c(n1)CCN(C(=O)OCc1ccccc1)C2. The van der Waals surface area contributed by atoms with E-state index in [1.807, 2.05) is 36.6 Å². The van der Waals surface area contributed by atoms with Crippen LogP contribution in [0.2, 0.25) is 0 Å². The Labute approximate surface area is 138 Å². The van der Waals surface area contributed by atoms with E-state index in [2.05, 4.69) is 9.97 Å². The van der Waals surface area contributed by atoms with Crippen LogP contribution in [-0.2, 0) is 24.3 Å². The van der Waals surface area contributed by atoms with Crippen molar-refractivity contribution in [1.82, 2.24) is 14.9 Å². The van der Waals surface area contributed by atoms with E-state index in [0.29, 0.717) is 23.7 Å². The molecule has 0 radical (unpaired) electrons. The molecule has 0 unspecified atom stereocenters. The van der Waals surface area contributed by atoms with Gasteiger partial charge in [0.1, 0.15) is 6.61 Å². The summed E-state index contributed by atoms with van der Waals surface area (Å²) in [6, 6.07) is 9.53. The van der Waals surface area contributed by atoms with Gasteiger partial charge in [0.25, 0.3) is 0 Å². The summed E-state index contributed by atoms with van der Waals surface area (Å²) in [7, 11) is 0. The molecule has 0 aliphatic carbocycles. The minimum Gasteiger partial charge on any atom is -0.493 e. The molecule has 1 aromatic heterocycles. The highest BCUT2D eigenvalue weighted by molar-refractivity contribution is 7.98. The van der Waals surface area contributed by atoms with E-state index >= 15 is 0 Å². The van der Waals surface area contributed by atoms with E-state index in [-0.39, 0.29) is 19.0 Å². The van der Waals surface area contributed by atoms with Gasteiger partial charge in [0.05, 0.1) is 17.8 Å². The molecule has 2 heterocycles. The van der Waals surface area contributed by atoms with Crippen LogP contribution in [0.5, 0.6) is 5.88 Å². The van der Waals surface area contributed by atoms with Crippen molar-refractivity contribution >= 4 is 17.9 Å². The van der Waals surface area contributed by atoms with Crippen molar-refractivity contribution in [3.05, 3.63) is 47.2 Å². The summed E-state index contributed by atoms with van der Waals surface area (Å²) < 4.78 is 5.33. The largest absolute Gasteiger partial charge is 0.493 e. The van der Waals surface area contributed by atoms with Crippen molar-refractivity contribution < 1.29 is 14.6 Å². The van der Waals surface area contributed by atoms with Crippen LogP contribution in [0.4, 0.5) is 4.79 Å². The van der Waals surface area contributed by atoms with Crippen LogP contribution in [0.15, 0.2) is 35.5 Å². The molecule has 0 saturated heterocycles. The predicted molar refractivity (Wildman–Crippen MR) is 86.2 cm³/mol. The van der Waals surface area contributed by atoms with Crippen molar-refractivity contribution in [2.24, 2.45) is 0 Å². The zero-order valence-electron chi connectivity index (χ0n) is 12.7. The summed E-state index contributed by atoms with van der Waals surface area (Å²) in [5, 5.41) is 10.6. The molecule has 0 fully saturated rings. The van der Waals surface area contributed by atoms with Crippen LogP contribution in [-0.4, -0.2) is 38.9 Å². The highest BCUT2D eigenvalue weighted by Gasteiger charge is 2.26. The van der Waals surface area contributed by atoms with Crippen molar-refractivity contribution in [2.75, 3.05) is 12.8 Å². The first-order chi connectivity index (χ1) is 11.2. The van der Waals surface area contributed by atoms with Crippen LogP contribution in [0, 0.1) is 0 Å². The number of rotatable bonds is 3. The third-order valence-electron chi connectivity index (χ3n) is 3.66. The molecular formula is C16H17N3O3S. The van der Waals surface area contributed by atoms with Gasteiger partial charge in [-0.1, -0.05) is 42.1 Å². The van der Waals surface area contributed by atoms with Crippen molar-refractivity contribution in [1.29, 1.82) is 0 Å². The second-order valence-corrected chi connectivity index (χ2v) is 5.94. The molecule has 0 spiro atoms. The molecule has 0 bridgehead atoms. The van der Waals surface area contributed by atoms with Crippen LogP contribution in [0.25, 0.3) is 0 Å². The number of amides is 1. The second-order valence-electron chi connectivity index (χ2n) is 5.17. The van der Waals surface area contributed by atoms with E-state index < -0.39 is 6.09 Å². The smallest absolute Gasteiger partial charge is 0.410 e. The topological polar surface area (TPSA) is 75.6 Å². The van der Waals surface area contributed by atoms with E-state index in [9.17, 15) is 9.90 Å². The normalized spacial score (nSPS) is 13.5. The fraction of sp³-hybridized carbons (Fsp3) is 0.312. The molecule has 3 rings (SSSR count). The Morgan fingerprint density at radius 1 is 1.35 bits per heavy atom. The third kappa shape index (κ3) is 3.56. The Balaban J connectivity index is 1.66. The number of thioether (sulfide) groups is 1. The molecule has 1 aliphatic rings. The molecule has 0 saturated carbocycles. The Bertz CT molecular complexity index is 709. The van der Waals surface area contributed by atoms with Crippen molar-refractivity contribution in [3.63, 3.8) is 0 Å². The van der Waals surface area contributed by atoms with E-state index in [1.54, 1.807) is 4.90 Å². The molecule has 1 amide bonds. The van der Waals surface area contributed by atoms with Gasteiger partial charge < -0.3 is 14.7 Å². The number of aromatic nitrogens is 2. The second kappa shape index (κ2) is 6.87. The first-order valence-electron chi connectivity index (χ1n) is 7.25. The number of hydrogen-bond acceptors (Lipinski definition) is 6. The van der Waals surface area contributed by atoms with Crippen molar-refractivity contribution in [2.45, 2.75) is 24.7 Å². The number of carbonyl (C=O) groups is 1. The number of aromatic hydroxyl groups is 1. The first-order valence-corrected chi connectivity index (χ1v) is 8.48. The fourth-order valence-corrected chi connectivity index (χ4v) is 2.81. The Hall–Kier alpha value is -2.28. The molecule has 1 N–H and O–H groups in total. The highest BCUT2D eigenvalue weighted by atomic mass is 32.2. The molecule has 0 atom stereocenters. The first kappa shape index (κ1) is 15.6. The predicted octanol–water partition coefficient (Wildman–Crippen LogP) is 2.60. The molecule has 23 heavy (non-hydrogen) atoms. The zero-order valence-corrected chi connectivity index (χ0v) is 13.5. The number of carbonyl (C=O) groups excluding carboxylic acids is 1. The van der Waals surface area contributed by atoms with E-state index in [0.717, 1.165) is 11.3 Å². The lowest BCUT2D eigenvalue weighted by Gasteiger charge is -2.27. The van der Waals surface area contributed by atoms with E-state index in [1.165, 1.54) is 11.8 Å². The zero-order chi connectivity index (χ0) is 16.2. The molecule has 6 nitrogen and oxygen atoms in total. The van der Waals surface area contributed by atoms with Crippen LogP contribution in [0.1, 0.15) is 16.8 Å². The number of benzene rings is 1. The summed E-state index contributed by atoms with van der Waals surface area (Å²) in [6.07, 6.45) is 2.05. The Morgan fingerprint density at radius 2 is 2.13 bits per heavy atom. The molecular weight excluding hydrogens is 314 g/mol. The van der Waals surface area contributed by atoms with Gasteiger partial charge in [0.2, 0.25) is 5.88 Å². The lowest BCUT2D eigenvalue weighted by atomic mass is 10.1. The number of fused-ring (bicyclic) bond motifs is 1. The summed E-state index contributed by atoms with van der Waals surface area (Å²) in [5.74, 6) is -0.0556. The lowest BCUT2D eigenvalue weighted by Crippen LogP contribution is -2.36. The minimum absolute atomic E-state index is 0.0556. The van der Waals surface area contributed by atoms with Crippen LogP contribution in [0.3, 0.4) is 0 Å². The third-order valence-corrected chi connectivity index (χ3v) is 4.21. The summed E-state index contributed by atoms with van der Waals surface area (Å²) in [5.41, 5.74) is 2.34. The maximum Gasteiger partial charge on any atom is 0.410 e. The van der Waals surface area contributed by atoms with Crippen LogP contribution >= 0.6 is 11.8 Å². The molecule has 7 heteroatoms. The molecule has 120 valence electrons. The number of nitrogens with zero attached hydrogens (tertiary/aromatic N) is 3. The fourth-order valence-electron chi connectivity index (χ4n) is 2.43. The molecule has 1 aromatic carbocycles. The molecule has 2 aromatic rings. The Morgan fingerprint density at radius 3 is 2.87 bits per heavy atom. The minimum atomic E-state index is -0.396. The van der Waals surface area contributed by atoms with Gasteiger partial charge in [-0.3, -0.25) is 0 Å². The summed E-state index contributed by atoms with van der Waals surface area (Å²) >= 11 is 1.38. The Kier molecular flexibility index (Phi) is 4.66. The maximum atomic E-state index is 12.2. The summed E-state index contributed by atoms with van der Waals surface area (Å²) in [4.78, 5) is 22.2. The van der Waals surface area contributed by atoms with Gasteiger partial charge in [-0.05, 0) is 11.8 Å². The van der Waals surface area contributed by atoms with Gasteiger partial charge in [-0.25, -0.2) is 9.78 Å². The quantitative estimate of drug-likeness (QED) is 0.688. The van der Waals surface area contributed by atoms with Gasteiger partial charge >= 0.3 is 6.09 Å². The van der Waals surface area contributed by atoms with Gasteiger partial charge in [-0.15, -0.1) is 0 Å². The summed E-state index contributed by atoms with van der Waals surface area (Å²) in [6.45, 7) is 1.02. The van der Waals surface area contributed by atoms with Gasteiger partial charge in [0.15, 0.2) is 5.16 Å². The lowest BCUT2D eigenvalue weighted by molar-refractivity contribution is 0.0910. The van der Waals surface area contributed by atoms with E-state index in [4.69, 9.17) is 4.74 Å². The molecule has 1 aliphatic heterocycles. The maximum absolute atomic E-state index is 12.2. The standard InChI is InChI=1S/C16H17N3O3S/c1-23-15-17-13-7-8-19(9-12(13)14(20)18-15)16(21)22-10-11-5-3-2-4-6-11/h2-6H,7-10H2,1H3,(H,17,18,20). The monoisotopic (exact) mass is 331 g/mol. The highest BCUT2D eigenvalue weighted by Crippen LogP contribution is 2.27. The van der Waals surface area contributed by atoms with Crippen molar-refractivity contribution in [3.8, 4) is 5.88 Å². The van der Waals surface area contributed by atoms with Gasteiger partial charge in [0, 0.05) is 13.0 Å². The number of hydrogen-bond donors (Lipinski definition) is 1. The number of ether oxygens (including phenoxy) is 1.